The van der Waals surface area contributed by atoms with E-state index in [-0.39, 0.29) is 6.10 Å². The van der Waals surface area contributed by atoms with Gasteiger partial charge in [-0.2, -0.15) is 0 Å². The highest BCUT2D eigenvalue weighted by atomic mass is 16.5. The first-order valence-electron chi connectivity index (χ1n) is 10.7. The van der Waals surface area contributed by atoms with Crippen molar-refractivity contribution in [3.63, 3.8) is 0 Å². The Hall–Kier alpha value is -1.14. The summed E-state index contributed by atoms with van der Waals surface area (Å²) in [6.07, 6.45) is 4.44. The number of benzene rings is 1. The van der Waals surface area contributed by atoms with Gasteiger partial charge in [-0.25, -0.2) is 0 Å². The first-order chi connectivity index (χ1) is 13.2. The lowest BCUT2D eigenvalue weighted by Gasteiger charge is -2.30. The van der Waals surface area contributed by atoms with Crippen LogP contribution in [0.4, 0.5) is 0 Å². The van der Waals surface area contributed by atoms with Gasteiger partial charge in [0.15, 0.2) is 0 Å². The fourth-order valence-electron chi connectivity index (χ4n) is 4.10. The van der Waals surface area contributed by atoms with Crippen LogP contribution in [0.15, 0.2) is 24.3 Å². The normalized spacial score (nSPS) is 22.8. The highest BCUT2D eigenvalue weighted by molar-refractivity contribution is 5.27. The SMILES string of the molecule is CC1CCCN(CCOc2ccc(CNCCN3CCC(O)CC3)cc2)C1. The van der Waals surface area contributed by atoms with Crippen LogP contribution in [0.3, 0.4) is 0 Å². The van der Waals surface area contributed by atoms with Gasteiger partial charge in [0.2, 0.25) is 0 Å². The molecule has 3 rings (SSSR count). The summed E-state index contributed by atoms with van der Waals surface area (Å²) in [6.45, 7) is 11.6. The van der Waals surface area contributed by atoms with Crippen molar-refractivity contribution in [2.75, 3.05) is 52.4 Å². The molecule has 0 saturated carbocycles. The summed E-state index contributed by atoms with van der Waals surface area (Å²) in [4.78, 5) is 4.95. The summed E-state index contributed by atoms with van der Waals surface area (Å²) in [6, 6.07) is 8.48. The highest BCUT2D eigenvalue weighted by Crippen LogP contribution is 2.16. The molecule has 2 aliphatic rings. The Kier molecular flexibility index (Phi) is 8.39. The molecule has 1 aromatic carbocycles. The zero-order valence-corrected chi connectivity index (χ0v) is 16.9. The van der Waals surface area contributed by atoms with Gasteiger partial charge < -0.3 is 20.1 Å². The van der Waals surface area contributed by atoms with Crippen molar-refractivity contribution in [1.29, 1.82) is 0 Å². The van der Waals surface area contributed by atoms with Gasteiger partial charge in [0, 0.05) is 45.8 Å². The molecule has 5 heteroatoms. The van der Waals surface area contributed by atoms with Crippen molar-refractivity contribution in [2.45, 2.75) is 45.3 Å². The Balaban J connectivity index is 1.27. The maximum Gasteiger partial charge on any atom is 0.119 e. The van der Waals surface area contributed by atoms with Gasteiger partial charge in [-0.15, -0.1) is 0 Å². The third-order valence-electron chi connectivity index (χ3n) is 5.83. The largest absolute Gasteiger partial charge is 0.492 e. The minimum atomic E-state index is -0.0849. The van der Waals surface area contributed by atoms with Gasteiger partial charge in [-0.3, -0.25) is 4.90 Å². The first-order valence-corrected chi connectivity index (χ1v) is 10.7. The Morgan fingerprint density at radius 2 is 1.81 bits per heavy atom. The van der Waals surface area contributed by atoms with Crippen LogP contribution in [0.25, 0.3) is 0 Å². The molecule has 0 aromatic heterocycles. The van der Waals surface area contributed by atoms with E-state index < -0.39 is 0 Å². The molecular weight excluding hydrogens is 338 g/mol. The van der Waals surface area contributed by atoms with E-state index in [2.05, 4.69) is 46.3 Å². The van der Waals surface area contributed by atoms with Crippen molar-refractivity contribution < 1.29 is 9.84 Å². The minimum Gasteiger partial charge on any atom is -0.492 e. The highest BCUT2D eigenvalue weighted by Gasteiger charge is 2.16. The molecule has 2 heterocycles. The number of likely N-dealkylation sites (tertiary alicyclic amines) is 2. The second-order valence-electron chi connectivity index (χ2n) is 8.29. The molecule has 0 radical (unpaired) electrons. The van der Waals surface area contributed by atoms with E-state index in [4.69, 9.17) is 4.74 Å². The van der Waals surface area contributed by atoms with Crippen LogP contribution in [0.5, 0.6) is 5.75 Å². The zero-order valence-electron chi connectivity index (χ0n) is 16.9. The number of aliphatic hydroxyl groups is 1. The Labute approximate surface area is 164 Å². The number of rotatable bonds is 9. The molecule has 1 aromatic rings. The van der Waals surface area contributed by atoms with Crippen LogP contribution in [0.1, 0.15) is 38.2 Å². The van der Waals surface area contributed by atoms with E-state index in [0.29, 0.717) is 0 Å². The fraction of sp³-hybridized carbons (Fsp3) is 0.727. The van der Waals surface area contributed by atoms with Crippen LogP contribution in [-0.2, 0) is 6.54 Å². The van der Waals surface area contributed by atoms with E-state index in [9.17, 15) is 5.11 Å². The molecule has 152 valence electrons. The molecule has 2 aliphatic heterocycles. The number of nitrogens with zero attached hydrogens (tertiary/aromatic N) is 2. The molecular formula is C22H37N3O2. The van der Waals surface area contributed by atoms with E-state index in [0.717, 1.165) is 70.4 Å². The number of nitrogens with one attached hydrogen (secondary N) is 1. The lowest BCUT2D eigenvalue weighted by Crippen LogP contribution is -2.39. The summed E-state index contributed by atoms with van der Waals surface area (Å²) in [5.41, 5.74) is 1.29. The number of ether oxygens (including phenoxy) is 1. The Morgan fingerprint density at radius 3 is 2.56 bits per heavy atom. The molecule has 2 N–H and O–H groups in total. The smallest absolute Gasteiger partial charge is 0.119 e. The zero-order chi connectivity index (χ0) is 18.9. The summed E-state index contributed by atoms with van der Waals surface area (Å²) in [5, 5.41) is 13.1. The van der Waals surface area contributed by atoms with Gasteiger partial charge in [-0.05, 0) is 55.8 Å². The van der Waals surface area contributed by atoms with Crippen LogP contribution in [-0.4, -0.2) is 73.4 Å². The van der Waals surface area contributed by atoms with E-state index in [1.807, 2.05) is 0 Å². The predicted octanol–water partition coefficient (Wildman–Crippen LogP) is 2.34. The molecule has 0 spiro atoms. The molecule has 0 aliphatic carbocycles. The number of hydrogen-bond acceptors (Lipinski definition) is 5. The molecule has 1 atom stereocenters. The molecule has 0 amide bonds. The third kappa shape index (κ3) is 7.41. The molecule has 27 heavy (non-hydrogen) atoms. The maximum absolute atomic E-state index is 9.55. The number of aliphatic hydroxyl groups excluding tert-OH is 1. The maximum atomic E-state index is 9.55. The van der Waals surface area contributed by atoms with Gasteiger partial charge in [0.25, 0.3) is 0 Å². The van der Waals surface area contributed by atoms with Crippen LogP contribution >= 0.6 is 0 Å². The van der Waals surface area contributed by atoms with E-state index >= 15 is 0 Å². The summed E-state index contributed by atoms with van der Waals surface area (Å²) in [7, 11) is 0. The Bertz CT molecular complexity index is 529. The molecule has 2 fully saturated rings. The average Bonchev–Trinajstić information content (AvgIpc) is 2.68. The molecule has 0 bridgehead atoms. The van der Waals surface area contributed by atoms with Crippen molar-refractivity contribution in [2.24, 2.45) is 5.92 Å². The predicted molar refractivity (Wildman–Crippen MR) is 110 cm³/mol. The lowest BCUT2D eigenvalue weighted by molar-refractivity contribution is 0.0830. The minimum absolute atomic E-state index is 0.0849. The lowest BCUT2D eigenvalue weighted by atomic mass is 10.0. The van der Waals surface area contributed by atoms with Gasteiger partial charge >= 0.3 is 0 Å². The standard InChI is InChI=1S/C22H37N3O2/c1-19-3-2-11-25(18-19)15-16-27-22-6-4-20(5-7-22)17-23-10-14-24-12-8-21(26)9-13-24/h4-7,19,21,23,26H,2-3,8-18H2,1H3. The van der Waals surface area contributed by atoms with E-state index in [1.165, 1.54) is 31.5 Å². The molecule has 5 nitrogen and oxygen atoms in total. The second kappa shape index (κ2) is 11.0. The molecule has 1 unspecified atom stereocenters. The number of piperidine rings is 2. The summed E-state index contributed by atoms with van der Waals surface area (Å²) < 4.78 is 5.92. The monoisotopic (exact) mass is 375 g/mol. The van der Waals surface area contributed by atoms with Crippen LogP contribution < -0.4 is 10.1 Å². The van der Waals surface area contributed by atoms with Gasteiger partial charge in [0.05, 0.1) is 6.10 Å². The first kappa shape index (κ1) is 20.6. The van der Waals surface area contributed by atoms with Crippen LogP contribution in [0, 0.1) is 5.92 Å². The van der Waals surface area contributed by atoms with Crippen molar-refractivity contribution in [3.8, 4) is 5.75 Å². The second-order valence-corrected chi connectivity index (χ2v) is 8.29. The molecule has 2 saturated heterocycles. The Morgan fingerprint density at radius 1 is 1.04 bits per heavy atom. The van der Waals surface area contributed by atoms with Gasteiger partial charge in [0.1, 0.15) is 12.4 Å². The van der Waals surface area contributed by atoms with Crippen molar-refractivity contribution in [3.05, 3.63) is 29.8 Å². The third-order valence-corrected chi connectivity index (χ3v) is 5.83. The van der Waals surface area contributed by atoms with Gasteiger partial charge in [-0.1, -0.05) is 19.1 Å². The van der Waals surface area contributed by atoms with Crippen molar-refractivity contribution >= 4 is 0 Å². The average molecular weight is 376 g/mol. The number of hydrogen-bond donors (Lipinski definition) is 2. The summed E-state index contributed by atoms with van der Waals surface area (Å²) >= 11 is 0. The summed E-state index contributed by atoms with van der Waals surface area (Å²) in [5.74, 6) is 1.79. The van der Waals surface area contributed by atoms with E-state index in [1.54, 1.807) is 0 Å². The fourth-order valence-corrected chi connectivity index (χ4v) is 4.10. The van der Waals surface area contributed by atoms with Crippen LogP contribution in [0.2, 0.25) is 0 Å². The quantitative estimate of drug-likeness (QED) is 0.649. The topological polar surface area (TPSA) is 48.0 Å². The van der Waals surface area contributed by atoms with Crippen molar-refractivity contribution in [1.82, 2.24) is 15.1 Å².